The normalized spacial score (nSPS) is 11.8. The highest BCUT2D eigenvalue weighted by Gasteiger charge is 1.98. The van der Waals surface area contributed by atoms with Gasteiger partial charge < -0.3 is 0 Å². The third-order valence-corrected chi connectivity index (χ3v) is 2.05. The molecule has 0 aromatic carbocycles. The van der Waals surface area contributed by atoms with Gasteiger partial charge in [0.15, 0.2) is 0 Å². The van der Waals surface area contributed by atoms with Crippen molar-refractivity contribution in [2.24, 2.45) is 0 Å². The first-order chi connectivity index (χ1) is 4.06. The van der Waals surface area contributed by atoms with Gasteiger partial charge in [-0.05, 0) is 6.42 Å². The van der Waals surface area contributed by atoms with Crippen LogP contribution in [-0.2, 0) is 9.84 Å². The van der Waals surface area contributed by atoms with Crippen LogP contribution in [-0.4, -0.2) is 20.4 Å². The summed E-state index contributed by atoms with van der Waals surface area (Å²) in [5.41, 5.74) is 0. The van der Waals surface area contributed by atoms with E-state index < -0.39 is 9.84 Å². The Morgan fingerprint density at radius 3 is 2.22 bits per heavy atom. The average molecular weight is 149 g/mol. The fourth-order valence-corrected chi connectivity index (χ4v) is 1.27. The van der Waals surface area contributed by atoms with Gasteiger partial charge in [-0.3, -0.25) is 0 Å². The molecule has 0 saturated heterocycles. The van der Waals surface area contributed by atoms with E-state index in [2.05, 4.69) is 6.92 Å². The highest BCUT2D eigenvalue weighted by Crippen LogP contribution is 1.96. The minimum atomic E-state index is -2.72. The molecule has 2 nitrogen and oxygen atoms in total. The largest absolute Gasteiger partial charge is 0.229 e. The Balaban J connectivity index is 3.30. The SMILES string of the molecule is [CH2]CCCCS(C)(=O)=O. The quantitative estimate of drug-likeness (QED) is 0.559. The number of unbranched alkanes of at least 4 members (excludes halogenated alkanes) is 2. The second-order valence-corrected chi connectivity index (χ2v) is 4.45. The van der Waals surface area contributed by atoms with Crippen LogP contribution in [0.15, 0.2) is 0 Å². The van der Waals surface area contributed by atoms with Crippen molar-refractivity contribution in [2.45, 2.75) is 19.3 Å². The van der Waals surface area contributed by atoms with Crippen LogP contribution in [0.4, 0.5) is 0 Å². The molecule has 0 rings (SSSR count). The van der Waals surface area contributed by atoms with Crippen molar-refractivity contribution in [3.63, 3.8) is 0 Å². The van der Waals surface area contributed by atoms with E-state index in [0.29, 0.717) is 5.75 Å². The van der Waals surface area contributed by atoms with E-state index >= 15 is 0 Å². The van der Waals surface area contributed by atoms with Gasteiger partial charge in [-0.1, -0.05) is 19.8 Å². The Labute approximate surface area is 57.2 Å². The third kappa shape index (κ3) is 7.95. The number of hydrogen-bond acceptors (Lipinski definition) is 2. The van der Waals surface area contributed by atoms with Gasteiger partial charge in [-0.15, -0.1) is 0 Å². The van der Waals surface area contributed by atoms with Gasteiger partial charge >= 0.3 is 0 Å². The second kappa shape index (κ2) is 3.88. The highest BCUT2D eigenvalue weighted by atomic mass is 32.2. The van der Waals surface area contributed by atoms with Crippen LogP contribution in [0.25, 0.3) is 0 Å². The standard InChI is InChI=1S/C6H13O2S/c1-3-4-5-6-9(2,7)8/h1,3-6H2,2H3. The summed E-state index contributed by atoms with van der Waals surface area (Å²) >= 11 is 0. The Morgan fingerprint density at radius 1 is 1.33 bits per heavy atom. The molecule has 0 amide bonds. The molecule has 55 valence electrons. The molecule has 9 heavy (non-hydrogen) atoms. The van der Waals surface area contributed by atoms with Crippen LogP contribution in [0.2, 0.25) is 0 Å². The molecule has 0 saturated carbocycles. The van der Waals surface area contributed by atoms with Crippen LogP contribution in [0.3, 0.4) is 0 Å². The maximum atomic E-state index is 10.5. The van der Waals surface area contributed by atoms with Gasteiger partial charge in [-0.25, -0.2) is 8.42 Å². The number of hydrogen-bond donors (Lipinski definition) is 0. The second-order valence-electron chi connectivity index (χ2n) is 2.19. The fourth-order valence-electron chi connectivity index (χ4n) is 0.541. The average Bonchev–Trinajstić information content (AvgIpc) is 1.63. The molecule has 0 aliphatic carbocycles. The summed E-state index contributed by atoms with van der Waals surface area (Å²) in [6.07, 6.45) is 3.75. The number of sulfone groups is 1. The van der Waals surface area contributed by atoms with Gasteiger partial charge in [0.25, 0.3) is 0 Å². The van der Waals surface area contributed by atoms with E-state index in [1.54, 1.807) is 0 Å². The van der Waals surface area contributed by atoms with Gasteiger partial charge in [0.2, 0.25) is 0 Å². The van der Waals surface area contributed by atoms with Crippen molar-refractivity contribution >= 4 is 9.84 Å². The topological polar surface area (TPSA) is 34.1 Å². The Morgan fingerprint density at radius 2 is 1.89 bits per heavy atom. The van der Waals surface area contributed by atoms with E-state index in [9.17, 15) is 8.42 Å². The zero-order valence-corrected chi connectivity index (χ0v) is 6.58. The Hall–Kier alpha value is -0.0500. The van der Waals surface area contributed by atoms with E-state index in [1.165, 1.54) is 6.26 Å². The predicted octanol–water partition coefficient (Wildman–Crippen LogP) is 1.04. The minimum absolute atomic E-state index is 0.308. The molecular weight excluding hydrogens is 136 g/mol. The van der Waals surface area contributed by atoms with Crippen LogP contribution in [0.5, 0.6) is 0 Å². The molecule has 0 unspecified atom stereocenters. The molecule has 0 aliphatic rings. The Kier molecular flexibility index (Phi) is 3.86. The molecule has 0 aromatic heterocycles. The molecular formula is C6H13O2S. The third-order valence-electron chi connectivity index (χ3n) is 1.02. The lowest BCUT2D eigenvalue weighted by molar-refractivity contribution is 0.597. The molecule has 0 bridgehead atoms. The monoisotopic (exact) mass is 149 g/mol. The maximum Gasteiger partial charge on any atom is 0.147 e. The van der Waals surface area contributed by atoms with Gasteiger partial charge in [0.05, 0.1) is 0 Å². The molecule has 0 aliphatic heterocycles. The zero-order chi connectivity index (χ0) is 7.33. The molecule has 0 aromatic rings. The highest BCUT2D eigenvalue weighted by molar-refractivity contribution is 7.90. The fraction of sp³-hybridized carbons (Fsp3) is 0.833. The summed E-state index contributed by atoms with van der Waals surface area (Å²) in [5.74, 6) is 0.308. The van der Waals surface area contributed by atoms with Crippen molar-refractivity contribution in [1.82, 2.24) is 0 Å². The molecule has 1 radical (unpaired) electrons. The smallest absolute Gasteiger partial charge is 0.147 e. The van der Waals surface area contributed by atoms with Crippen LogP contribution in [0.1, 0.15) is 19.3 Å². The lowest BCUT2D eigenvalue weighted by atomic mass is 10.3. The molecule has 0 atom stereocenters. The summed E-state index contributed by atoms with van der Waals surface area (Å²) in [6, 6.07) is 0. The van der Waals surface area contributed by atoms with Crippen molar-refractivity contribution in [1.29, 1.82) is 0 Å². The van der Waals surface area contributed by atoms with E-state index in [1.807, 2.05) is 0 Å². The van der Waals surface area contributed by atoms with Gasteiger partial charge in [0.1, 0.15) is 9.84 Å². The van der Waals surface area contributed by atoms with Crippen molar-refractivity contribution in [3.05, 3.63) is 6.92 Å². The predicted molar refractivity (Wildman–Crippen MR) is 38.9 cm³/mol. The minimum Gasteiger partial charge on any atom is -0.229 e. The molecule has 0 N–H and O–H groups in total. The Bertz CT molecular complexity index is 146. The summed E-state index contributed by atoms with van der Waals surface area (Å²) in [5, 5.41) is 0. The first-order valence-electron chi connectivity index (χ1n) is 3.03. The van der Waals surface area contributed by atoms with Gasteiger partial charge in [-0.2, -0.15) is 0 Å². The van der Waals surface area contributed by atoms with Gasteiger partial charge in [0, 0.05) is 12.0 Å². The first kappa shape index (κ1) is 8.95. The lowest BCUT2D eigenvalue weighted by Crippen LogP contribution is -2.01. The lowest BCUT2D eigenvalue weighted by Gasteiger charge is -1.94. The molecule has 0 fully saturated rings. The first-order valence-corrected chi connectivity index (χ1v) is 5.09. The van der Waals surface area contributed by atoms with E-state index in [4.69, 9.17) is 0 Å². The summed E-state index contributed by atoms with van der Waals surface area (Å²) < 4.78 is 21.0. The van der Waals surface area contributed by atoms with Crippen molar-refractivity contribution in [3.8, 4) is 0 Å². The molecule has 3 heteroatoms. The van der Waals surface area contributed by atoms with Crippen LogP contribution >= 0.6 is 0 Å². The maximum absolute atomic E-state index is 10.5. The van der Waals surface area contributed by atoms with Crippen LogP contribution < -0.4 is 0 Å². The molecule has 0 spiro atoms. The van der Waals surface area contributed by atoms with E-state index in [-0.39, 0.29) is 0 Å². The molecule has 0 heterocycles. The summed E-state index contributed by atoms with van der Waals surface area (Å²) in [4.78, 5) is 0. The summed E-state index contributed by atoms with van der Waals surface area (Å²) in [6.45, 7) is 3.61. The summed E-state index contributed by atoms with van der Waals surface area (Å²) in [7, 11) is -2.72. The van der Waals surface area contributed by atoms with Crippen LogP contribution in [0, 0.1) is 6.92 Å². The van der Waals surface area contributed by atoms with E-state index in [0.717, 1.165) is 19.3 Å². The van der Waals surface area contributed by atoms with Crippen molar-refractivity contribution < 1.29 is 8.42 Å². The zero-order valence-electron chi connectivity index (χ0n) is 5.76. The number of rotatable bonds is 4. The van der Waals surface area contributed by atoms with Crippen molar-refractivity contribution in [2.75, 3.05) is 12.0 Å².